The zero-order valence-corrected chi connectivity index (χ0v) is 16.6. The minimum absolute atomic E-state index is 0.232. The number of morpholine rings is 1. The molecular weight excluding hydrogens is 380 g/mol. The van der Waals surface area contributed by atoms with Crippen molar-refractivity contribution in [2.24, 2.45) is 0 Å². The first-order chi connectivity index (χ1) is 14.6. The largest absolute Gasteiger partial charge is 0.445 e. The van der Waals surface area contributed by atoms with E-state index in [0.717, 1.165) is 22.0 Å². The van der Waals surface area contributed by atoms with E-state index in [-0.39, 0.29) is 24.8 Å². The number of benzene rings is 2. The smallest absolute Gasteiger partial charge is 0.410 e. The minimum atomic E-state index is -1.04. The fourth-order valence-corrected chi connectivity index (χ4v) is 4.80. The SMILES string of the molecule is O=C(OCc1ccccc1)N1C2COCC1CC(O)(c1cccc3ncccc13)C2. The van der Waals surface area contributed by atoms with Crippen LogP contribution in [0.25, 0.3) is 10.9 Å². The van der Waals surface area contributed by atoms with Crippen LogP contribution in [0.3, 0.4) is 0 Å². The lowest BCUT2D eigenvalue weighted by atomic mass is 9.76. The molecule has 2 aliphatic heterocycles. The van der Waals surface area contributed by atoms with Gasteiger partial charge in [-0.2, -0.15) is 0 Å². The summed E-state index contributed by atoms with van der Waals surface area (Å²) in [5, 5.41) is 12.6. The molecule has 0 spiro atoms. The summed E-state index contributed by atoms with van der Waals surface area (Å²) in [6.07, 6.45) is 2.21. The summed E-state index contributed by atoms with van der Waals surface area (Å²) in [6.45, 7) is 1.01. The number of aromatic nitrogens is 1. The van der Waals surface area contributed by atoms with Crippen molar-refractivity contribution < 1.29 is 19.4 Å². The summed E-state index contributed by atoms with van der Waals surface area (Å²) in [4.78, 5) is 19.1. The number of hydrogen-bond acceptors (Lipinski definition) is 5. The topological polar surface area (TPSA) is 71.9 Å². The molecule has 2 bridgehead atoms. The second kappa shape index (κ2) is 7.70. The predicted molar refractivity (Wildman–Crippen MR) is 112 cm³/mol. The maximum Gasteiger partial charge on any atom is 0.410 e. The second-order valence-corrected chi connectivity index (χ2v) is 8.11. The molecule has 3 heterocycles. The maximum absolute atomic E-state index is 12.9. The zero-order valence-electron chi connectivity index (χ0n) is 16.6. The lowest BCUT2D eigenvalue weighted by Gasteiger charge is -2.51. The van der Waals surface area contributed by atoms with E-state index >= 15 is 0 Å². The zero-order chi connectivity index (χ0) is 20.6. The van der Waals surface area contributed by atoms with Gasteiger partial charge in [0.15, 0.2) is 0 Å². The summed E-state index contributed by atoms with van der Waals surface area (Å²) in [5.74, 6) is 0. The highest BCUT2D eigenvalue weighted by Crippen LogP contribution is 2.43. The summed E-state index contributed by atoms with van der Waals surface area (Å²) in [6, 6.07) is 18.9. The molecule has 2 atom stereocenters. The molecule has 2 saturated heterocycles. The van der Waals surface area contributed by atoms with Crippen molar-refractivity contribution >= 4 is 17.0 Å². The minimum Gasteiger partial charge on any atom is -0.445 e. The number of hydrogen-bond donors (Lipinski definition) is 1. The lowest BCUT2D eigenvalue weighted by Crippen LogP contribution is -2.62. The molecule has 6 heteroatoms. The number of carbonyl (C=O) groups is 1. The Bertz CT molecular complexity index is 1040. The van der Waals surface area contributed by atoms with E-state index in [1.807, 2.05) is 60.7 Å². The van der Waals surface area contributed by atoms with Gasteiger partial charge in [0.2, 0.25) is 0 Å². The Morgan fingerprint density at radius 2 is 1.83 bits per heavy atom. The first-order valence-electron chi connectivity index (χ1n) is 10.3. The first-order valence-corrected chi connectivity index (χ1v) is 10.3. The number of piperidine rings is 1. The van der Waals surface area contributed by atoms with Crippen LogP contribution in [-0.4, -0.2) is 46.4 Å². The van der Waals surface area contributed by atoms with Gasteiger partial charge in [-0.3, -0.25) is 9.88 Å². The number of fused-ring (bicyclic) bond motifs is 3. The monoisotopic (exact) mass is 404 g/mol. The highest BCUT2D eigenvalue weighted by Gasteiger charge is 2.49. The quantitative estimate of drug-likeness (QED) is 0.722. The molecule has 0 aliphatic carbocycles. The van der Waals surface area contributed by atoms with E-state index in [0.29, 0.717) is 26.1 Å². The highest BCUT2D eigenvalue weighted by molar-refractivity contribution is 5.83. The molecule has 5 rings (SSSR count). The van der Waals surface area contributed by atoms with E-state index in [1.165, 1.54) is 0 Å². The van der Waals surface area contributed by atoms with Gasteiger partial charge in [0, 0.05) is 24.4 Å². The fourth-order valence-electron chi connectivity index (χ4n) is 4.80. The molecule has 2 aromatic carbocycles. The first kappa shape index (κ1) is 19.0. The molecule has 2 unspecified atom stereocenters. The molecule has 0 radical (unpaired) electrons. The number of carbonyl (C=O) groups excluding carboxylic acids is 1. The van der Waals surface area contributed by atoms with Gasteiger partial charge in [-0.1, -0.05) is 48.5 Å². The number of nitrogens with zero attached hydrogens (tertiary/aromatic N) is 2. The molecular formula is C24H24N2O4. The van der Waals surface area contributed by atoms with Crippen LogP contribution in [0, 0.1) is 0 Å². The Morgan fingerprint density at radius 3 is 2.60 bits per heavy atom. The number of aliphatic hydroxyl groups is 1. The van der Waals surface area contributed by atoms with Gasteiger partial charge >= 0.3 is 6.09 Å². The van der Waals surface area contributed by atoms with Crippen LogP contribution < -0.4 is 0 Å². The Hall–Kier alpha value is -2.96. The number of ether oxygens (including phenoxy) is 2. The number of amides is 1. The van der Waals surface area contributed by atoms with Gasteiger partial charge in [0.1, 0.15) is 6.61 Å². The second-order valence-electron chi connectivity index (χ2n) is 8.11. The van der Waals surface area contributed by atoms with Gasteiger partial charge in [-0.05, 0) is 23.3 Å². The number of pyridine rings is 1. The predicted octanol–water partition coefficient (Wildman–Crippen LogP) is 3.62. The maximum atomic E-state index is 12.9. The fraction of sp³-hybridized carbons (Fsp3) is 0.333. The highest BCUT2D eigenvalue weighted by atomic mass is 16.6. The van der Waals surface area contributed by atoms with Gasteiger partial charge in [0.05, 0.1) is 36.4 Å². The van der Waals surface area contributed by atoms with E-state index in [1.54, 1.807) is 11.1 Å². The third-order valence-electron chi connectivity index (χ3n) is 6.12. The molecule has 0 saturated carbocycles. The molecule has 2 aliphatic rings. The third kappa shape index (κ3) is 3.42. The van der Waals surface area contributed by atoms with Gasteiger partial charge in [-0.25, -0.2) is 4.79 Å². The van der Waals surface area contributed by atoms with Crippen molar-refractivity contribution in [1.29, 1.82) is 0 Å². The Labute approximate surface area is 175 Å². The molecule has 6 nitrogen and oxygen atoms in total. The Kier molecular flexibility index (Phi) is 4.89. The van der Waals surface area contributed by atoms with Crippen LogP contribution in [0.1, 0.15) is 24.0 Å². The van der Waals surface area contributed by atoms with Crippen LogP contribution in [0.5, 0.6) is 0 Å². The van der Waals surface area contributed by atoms with Gasteiger partial charge in [-0.15, -0.1) is 0 Å². The normalized spacial score (nSPS) is 25.8. The van der Waals surface area contributed by atoms with Crippen molar-refractivity contribution in [3.63, 3.8) is 0 Å². The Balaban J connectivity index is 1.38. The molecule has 1 N–H and O–H groups in total. The summed E-state index contributed by atoms with van der Waals surface area (Å²) < 4.78 is 11.3. The summed E-state index contributed by atoms with van der Waals surface area (Å²) in [7, 11) is 0. The van der Waals surface area contributed by atoms with E-state index in [9.17, 15) is 9.90 Å². The average Bonchev–Trinajstić information content (AvgIpc) is 2.77. The number of rotatable bonds is 3. The van der Waals surface area contributed by atoms with Crippen LogP contribution >= 0.6 is 0 Å². The summed E-state index contributed by atoms with van der Waals surface area (Å²) >= 11 is 0. The molecule has 3 aromatic rings. The molecule has 1 aromatic heterocycles. The van der Waals surface area contributed by atoms with E-state index < -0.39 is 5.60 Å². The van der Waals surface area contributed by atoms with E-state index in [4.69, 9.17) is 9.47 Å². The van der Waals surface area contributed by atoms with Crippen molar-refractivity contribution in [2.45, 2.75) is 37.1 Å². The standard InChI is InChI=1S/C24H24N2O4/c27-23(30-14-17-6-2-1-3-7-17)26-18-12-24(28,13-19(26)16-29-15-18)21-9-4-10-22-20(21)8-5-11-25-22/h1-11,18-19,28H,12-16H2. The van der Waals surface area contributed by atoms with Crippen molar-refractivity contribution in [3.8, 4) is 0 Å². The van der Waals surface area contributed by atoms with Crippen LogP contribution in [0.2, 0.25) is 0 Å². The van der Waals surface area contributed by atoms with E-state index in [2.05, 4.69) is 4.98 Å². The van der Waals surface area contributed by atoms with Crippen LogP contribution in [-0.2, 0) is 21.7 Å². The molecule has 1 amide bonds. The molecule has 154 valence electrons. The van der Waals surface area contributed by atoms with Gasteiger partial charge < -0.3 is 14.6 Å². The lowest BCUT2D eigenvalue weighted by molar-refractivity contribution is -0.136. The molecule has 30 heavy (non-hydrogen) atoms. The third-order valence-corrected chi connectivity index (χ3v) is 6.12. The van der Waals surface area contributed by atoms with Crippen molar-refractivity contribution in [2.75, 3.05) is 13.2 Å². The van der Waals surface area contributed by atoms with Crippen molar-refractivity contribution in [3.05, 3.63) is 78.0 Å². The molecule has 2 fully saturated rings. The average molecular weight is 404 g/mol. The van der Waals surface area contributed by atoms with Gasteiger partial charge in [0.25, 0.3) is 0 Å². The Morgan fingerprint density at radius 1 is 1.07 bits per heavy atom. The van der Waals surface area contributed by atoms with Crippen molar-refractivity contribution in [1.82, 2.24) is 9.88 Å². The van der Waals surface area contributed by atoms with Crippen LogP contribution in [0.4, 0.5) is 4.79 Å². The van der Waals surface area contributed by atoms with Crippen LogP contribution in [0.15, 0.2) is 66.9 Å². The summed E-state index contributed by atoms with van der Waals surface area (Å²) in [5.41, 5.74) is 1.62.